The Hall–Kier alpha value is -3.64. The summed E-state index contributed by atoms with van der Waals surface area (Å²) in [5, 5.41) is 11.2. The van der Waals surface area contributed by atoms with E-state index >= 15 is 0 Å². The minimum atomic E-state index is 1.16. The van der Waals surface area contributed by atoms with Crippen LogP contribution in [0.2, 0.25) is 0 Å². The Kier molecular flexibility index (Phi) is 6.20. The lowest BCUT2D eigenvalue weighted by Gasteiger charge is -2.12. The van der Waals surface area contributed by atoms with Crippen LogP contribution < -0.4 is 0 Å². The molecular weight excluding hydrogens is 420 g/mol. The zero-order valence-corrected chi connectivity index (χ0v) is 20.3. The van der Waals surface area contributed by atoms with E-state index in [1.165, 1.54) is 86.3 Å². The van der Waals surface area contributed by atoms with Gasteiger partial charge in [0.05, 0.1) is 0 Å². The first-order chi connectivity index (χ1) is 17.4. The minimum Gasteiger partial charge on any atom is -0.0616 e. The van der Waals surface area contributed by atoms with Crippen molar-refractivity contribution in [1.82, 2.24) is 0 Å². The topological polar surface area (TPSA) is 0 Å². The lowest BCUT2D eigenvalue weighted by atomic mass is 9.92. The Balaban J connectivity index is 1.10. The van der Waals surface area contributed by atoms with Crippen molar-refractivity contribution in [2.24, 2.45) is 0 Å². The summed E-state index contributed by atoms with van der Waals surface area (Å²) in [7, 11) is 0. The molecule has 6 aromatic carbocycles. The maximum atomic E-state index is 2.34. The molecular formula is C35H32. The molecule has 0 N–H and O–H groups in total. The Morgan fingerprint density at radius 3 is 0.943 bits per heavy atom. The highest BCUT2D eigenvalue weighted by Gasteiger charge is 2.09. The van der Waals surface area contributed by atoms with E-state index in [9.17, 15) is 0 Å². The van der Waals surface area contributed by atoms with Crippen molar-refractivity contribution in [2.75, 3.05) is 0 Å². The Labute approximate surface area is 208 Å². The van der Waals surface area contributed by atoms with Crippen molar-refractivity contribution < 1.29 is 0 Å². The van der Waals surface area contributed by atoms with E-state index < -0.39 is 0 Å². The van der Waals surface area contributed by atoms with Gasteiger partial charge in [-0.2, -0.15) is 0 Å². The number of hydrogen-bond donors (Lipinski definition) is 0. The summed E-state index contributed by atoms with van der Waals surface area (Å²) < 4.78 is 0. The average molecular weight is 453 g/mol. The van der Waals surface area contributed by atoms with Crippen molar-refractivity contribution in [3.05, 3.63) is 120 Å². The molecule has 6 rings (SSSR count). The van der Waals surface area contributed by atoms with Gasteiger partial charge in [-0.3, -0.25) is 0 Å². The normalized spacial score (nSPS) is 11.7. The molecule has 172 valence electrons. The molecule has 0 aliphatic rings. The number of unbranched alkanes of at least 4 members (excludes halogenated alkanes) is 4. The van der Waals surface area contributed by atoms with Gasteiger partial charge in [0.2, 0.25) is 0 Å². The second-order valence-electron chi connectivity index (χ2n) is 9.86. The third kappa shape index (κ3) is 4.42. The smallest absolute Gasteiger partial charge is 0.0146 e. The summed E-state index contributed by atoms with van der Waals surface area (Å²) in [6, 6.07) is 40.2. The maximum Gasteiger partial charge on any atom is -0.0146 e. The van der Waals surface area contributed by atoms with E-state index in [1.54, 1.807) is 0 Å². The van der Waals surface area contributed by atoms with E-state index in [-0.39, 0.29) is 0 Å². The van der Waals surface area contributed by atoms with Gasteiger partial charge in [0, 0.05) is 0 Å². The standard InChI is InChI=1S/C35H32/c1(2-4-22-34-30-18-10-6-14-26(30)24-27-15-7-11-19-31(27)34)3-5-23-35-32-20-12-8-16-28(32)25-29-17-9-13-21-33(29)35/h6-21,24-25H,1-5,22-23H2. The number of benzene rings is 6. The molecule has 0 aromatic heterocycles. The van der Waals surface area contributed by atoms with Crippen molar-refractivity contribution in [3.63, 3.8) is 0 Å². The molecule has 0 saturated heterocycles. The fourth-order valence-corrected chi connectivity index (χ4v) is 5.89. The predicted molar refractivity (Wildman–Crippen MR) is 153 cm³/mol. The number of aryl methyl sites for hydroxylation is 2. The van der Waals surface area contributed by atoms with Crippen LogP contribution in [0.4, 0.5) is 0 Å². The molecule has 0 nitrogen and oxygen atoms in total. The molecule has 0 saturated carbocycles. The van der Waals surface area contributed by atoms with Gasteiger partial charge in [-0.05, 0) is 92.0 Å². The maximum absolute atomic E-state index is 2.34. The van der Waals surface area contributed by atoms with Crippen LogP contribution in [0.15, 0.2) is 109 Å². The van der Waals surface area contributed by atoms with Crippen LogP contribution in [-0.2, 0) is 12.8 Å². The van der Waals surface area contributed by atoms with Crippen molar-refractivity contribution in [1.29, 1.82) is 0 Å². The molecule has 0 amide bonds. The summed E-state index contributed by atoms with van der Waals surface area (Å²) in [5.41, 5.74) is 3.06. The number of hydrogen-bond acceptors (Lipinski definition) is 0. The molecule has 0 spiro atoms. The Morgan fingerprint density at radius 2 is 0.600 bits per heavy atom. The zero-order valence-electron chi connectivity index (χ0n) is 20.3. The first-order valence-corrected chi connectivity index (χ1v) is 13.2. The summed E-state index contributed by atoms with van der Waals surface area (Å²) in [5.74, 6) is 0. The molecule has 35 heavy (non-hydrogen) atoms. The van der Waals surface area contributed by atoms with Gasteiger partial charge in [0.25, 0.3) is 0 Å². The van der Waals surface area contributed by atoms with Crippen molar-refractivity contribution in [3.8, 4) is 0 Å². The van der Waals surface area contributed by atoms with Crippen LogP contribution in [0.3, 0.4) is 0 Å². The Bertz CT molecular complexity index is 1390. The first kappa shape index (κ1) is 21.9. The molecule has 0 bridgehead atoms. The molecule has 0 unspecified atom stereocenters. The van der Waals surface area contributed by atoms with Gasteiger partial charge < -0.3 is 0 Å². The van der Waals surface area contributed by atoms with E-state index in [0.29, 0.717) is 0 Å². The molecule has 0 fully saturated rings. The lowest BCUT2D eigenvalue weighted by Crippen LogP contribution is -1.93. The van der Waals surface area contributed by atoms with Crippen LogP contribution in [0.1, 0.15) is 43.2 Å². The zero-order chi connectivity index (χ0) is 23.5. The summed E-state index contributed by atoms with van der Waals surface area (Å²) in [6.07, 6.45) is 8.75. The van der Waals surface area contributed by atoms with Crippen LogP contribution in [0, 0.1) is 0 Å². The van der Waals surface area contributed by atoms with Gasteiger partial charge in [-0.15, -0.1) is 0 Å². The highest BCUT2D eigenvalue weighted by molar-refractivity contribution is 6.03. The van der Waals surface area contributed by atoms with Crippen LogP contribution in [-0.4, -0.2) is 0 Å². The molecule has 0 aliphatic carbocycles. The summed E-state index contributed by atoms with van der Waals surface area (Å²) in [4.78, 5) is 0. The number of rotatable bonds is 8. The molecule has 6 aromatic rings. The van der Waals surface area contributed by atoms with E-state index in [1.807, 2.05) is 0 Å². The van der Waals surface area contributed by atoms with E-state index in [4.69, 9.17) is 0 Å². The predicted octanol–water partition coefficient (Wildman–Crippen LogP) is 10.0. The monoisotopic (exact) mass is 452 g/mol. The molecule has 0 radical (unpaired) electrons. The van der Waals surface area contributed by atoms with Crippen LogP contribution in [0.5, 0.6) is 0 Å². The highest BCUT2D eigenvalue weighted by Crippen LogP contribution is 2.31. The SMILES string of the molecule is c1ccc2c(CCCCCCCc3c4ccccc4cc4ccccc34)c3ccccc3cc2c1. The molecule has 0 aliphatic heterocycles. The van der Waals surface area contributed by atoms with E-state index in [2.05, 4.69) is 109 Å². The summed E-state index contributed by atoms with van der Waals surface area (Å²) >= 11 is 0. The minimum absolute atomic E-state index is 1.16. The fraction of sp³-hybridized carbons (Fsp3) is 0.200. The quantitative estimate of drug-likeness (QED) is 0.159. The van der Waals surface area contributed by atoms with E-state index in [0.717, 1.165) is 12.8 Å². The van der Waals surface area contributed by atoms with Crippen LogP contribution >= 0.6 is 0 Å². The highest BCUT2D eigenvalue weighted by atomic mass is 14.1. The summed E-state index contributed by atoms with van der Waals surface area (Å²) in [6.45, 7) is 0. The number of fused-ring (bicyclic) bond motifs is 4. The van der Waals surface area contributed by atoms with Gasteiger partial charge in [-0.1, -0.05) is 116 Å². The molecule has 0 heteroatoms. The fourth-order valence-electron chi connectivity index (χ4n) is 5.89. The van der Waals surface area contributed by atoms with Crippen molar-refractivity contribution in [2.45, 2.75) is 44.9 Å². The van der Waals surface area contributed by atoms with Crippen molar-refractivity contribution >= 4 is 43.1 Å². The van der Waals surface area contributed by atoms with Crippen LogP contribution in [0.25, 0.3) is 43.1 Å². The largest absolute Gasteiger partial charge is 0.0616 e. The third-order valence-corrected chi connectivity index (χ3v) is 7.62. The van der Waals surface area contributed by atoms with Gasteiger partial charge in [0.15, 0.2) is 0 Å². The Morgan fingerprint density at radius 1 is 0.314 bits per heavy atom. The average Bonchev–Trinajstić information content (AvgIpc) is 2.91. The second kappa shape index (κ2) is 9.92. The second-order valence-corrected chi connectivity index (χ2v) is 9.86. The molecule has 0 heterocycles. The van der Waals surface area contributed by atoms with Gasteiger partial charge in [-0.25, -0.2) is 0 Å². The first-order valence-electron chi connectivity index (χ1n) is 13.2. The third-order valence-electron chi connectivity index (χ3n) is 7.62. The van der Waals surface area contributed by atoms with Gasteiger partial charge >= 0.3 is 0 Å². The van der Waals surface area contributed by atoms with Gasteiger partial charge in [0.1, 0.15) is 0 Å². The lowest BCUT2D eigenvalue weighted by molar-refractivity contribution is 0.616. The molecule has 0 atom stereocenters.